The Balaban J connectivity index is 1.59. The topological polar surface area (TPSA) is 21.3 Å². The highest BCUT2D eigenvalue weighted by atomic mass is 16.5. The molecule has 0 aromatic carbocycles. The van der Waals surface area contributed by atoms with Gasteiger partial charge in [0.25, 0.3) is 0 Å². The van der Waals surface area contributed by atoms with Gasteiger partial charge in [-0.2, -0.15) is 0 Å². The summed E-state index contributed by atoms with van der Waals surface area (Å²) in [4.78, 5) is 0. The van der Waals surface area contributed by atoms with Crippen molar-refractivity contribution in [3.63, 3.8) is 0 Å². The Morgan fingerprint density at radius 3 is 2.33 bits per heavy atom. The lowest BCUT2D eigenvalue weighted by Gasteiger charge is -2.59. The molecule has 1 N–H and O–H groups in total. The van der Waals surface area contributed by atoms with Gasteiger partial charge in [0.05, 0.1) is 13.2 Å². The van der Waals surface area contributed by atoms with Crippen molar-refractivity contribution in [2.45, 2.75) is 39.0 Å². The maximum Gasteiger partial charge on any atom is 0.0591 e. The van der Waals surface area contributed by atoms with Gasteiger partial charge >= 0.3 is 0 Å². The summed E-state index contributed by atoms with van der Waals surface area (Å²) in [5.74, 6) is 5.17. The zero-order valence-corrected chi connectivity index (χ0v) is 11.7. The van der Waals surface area contributed by atoms with E-state index in [0.29, 0.717) is 5.41 Å². The number of nitrogens with one attached hydrogen (secondary N) is 1. The molecule has 4 bridgehead atoms. The molecule has 0 radical (unpaired) electrons. The van der Waals surface area contributed by atoms with Crippen LogP contribution in [0.2, 0.25) is 0 Å². The van der Waals surface area contributed by atoms with E-state index in [1.807, 2.05) is 0 Å². The van der Waals surface area contributed by atoms with Crippen molar-refractivity contribution in [2.24, 2.45) is 35.0 Å². The lowest BCUT2D eigenvalue weighted by molar-refractivity contribution is -0.108. The van der Waals surface area contributed by atoms with Crippen LogP contribution < -0.4 is 5.32 Å². The third-order valence-electron chi connectivity index (χ3n) is 6.42. The molecule has 4 saturated carbocycles. The number of ether oxygens (including phenoxy) is 1. The quantitative estimate of drug-likeness (QED) is 0.771. The monoisotopic (exact) mass is 249 g/mol. The second kappa shape index (κ2) is 4.21. The Kier molecular flexibility index (Phi) is 2.74. The maximum atomic E-state index is 5.90. The standard InChI is InChI=1S/C16H27NO/c1-16(9-17-2-3-18-10-16)15-13-5-11-4-12(7-13)8-14(15)6-11/h11-15,17H,2-10H2,1H3. The van der Waals surface area contributed by atoms with Gasteiger partial charge in [-0.1, -0.05) is 6.92 Å². The highest BCUT2D eigenvalue weighted by Crippen LogP contribution is 2.60. The molecule has 1 heterocycles. The largest absolute Gasteiger partial charge is 0.380 e. The molecule has 1 aliphatic heterocycles. The zero-order valence-electron chi connectivity index (χ0n) is 11.7. The van der Waals surface area contributed by atoms with Crippen molar-refractivity contribution in [1.82, 2.24) is 5.32 Å². The van der Waals surface area contributed by atoms with Crippen LogP contribution in [0.25, 0.3) is 0 Å². The van der Waals surface area contributed by atoms with Gasteiger partial charge in [-0.05, 0) is 61.7 Å². The average molecular weight is 249 g/mol. The summed E-state index contributed by atoms with van der Waals surface area (Å²) < 4.78 is 5.90. The summed E-state index contributed by atoms with van der Waals surface area (Å²) in [6.45, 7) is 6.62. The van der Waals surface area contributed by atoms with E-state index in [1.54, 1.807) is 6.42 Å². The van der Waals surface area contributed by atoms with Crippen molar-refractivity contribution in [3.05, 3.63) is 0 Å². The van der Waals surface area contributed by atoms with Gasteiger partial charge in [-0.25, -0.2) is 0 Å². The first-order valence-electron chi connectivity index (χ1n) is 8.03. The van der Waals surface area contributed by atoms with Crippen LogP contribution in [0.15, 0.2) is 0 Å². The zero-order chi connectivity index (χ0) is 12.2. The fourth-order valence-electron chi connectivity index (χ4n) is 6.15. The molecule has 5 rings (SSSR count). The van der Waals surface area contributed by atoms with Gasteiger partial charge in [0.1, 0.15) is 0 Å². The number of hydrogen-bond donors (Lipinski definition) is 1. The minimum Gasteiger partial charge on any atom is -0.380 e. The molecule has 0 aromatic rings. The molecule has 5 aliphatic rings. The summed E-state index contributed by atoms with van der Waals surface area (Å²) in [5.41, 5.74) is 0.402. The van der Waals surface area contributed by atoms with E-state index in [-0.39, 0.29) is 0 Å². The van der Waals surface area contributed by atoms with Crippen LogP contribution in [0.3, 0.4) is 0 Å². The van der Waals surface area contributed by atoms with E-state index in [9.17, 15) is 0 Å². The minimum absolute atomic E-state index is 0.402. The lowest BCUT2D eigenvalue weighted by atomic mass is 9.47. The lowest BCUT2D eigenvalue weighted by Crippen LogP contribution is -2.54. The van der Waals surface area contributed by atoms with Gasteiger partial charge in [-0.3, -0.25) is 0 Å². The first kappa shape index (κ1) is 11.7. The number of rotatable bonds is 1. The Hall–Kier alpha value is -0.0800. The van der Waals surface area contributed by atoms with Crippen LogP contribution in [0, 0.1) is 35.0 Å². The van der Waals surface area contributed by atoms with Gasteiger partial charge in [0, 0.05) is 18.5 Å². The normalized spacial score (nSPS) is 55.5. The van der Waals surface area contributed by atoms with Gasteiger partial charge in [0.15, 0.2) is 0 Å². The predicted molar refractivity (Wildman–Crippen MR) is 72.3 cm³/mol. The van der Waals surface area contributed by atoms with Crippen LogP contribution in [0.1, 0.15) is 39.0 Å². The molecular weight excluding hydrogens is 222 g/mol. The molecule has 102 valence electrons. The van der Waals surface area contributed by atoms with Crippen molar-refractivity contribution in [1.29, 1.82) is 0 Å². The van der Waals surface area contributed by atoms with Gasteiger partial charge < -0.3 is 10.1 Å². The van der Waals surface area contributed by atoms with Crippen molar-refractivity contribution in [3.8, 4) is 0 Å². The highest BCUT2D eigenvalue weighted by molar-refractivity contribution is 5.04. The third kappa shape index (κ3) is 1.76. The Morgan fingerprint density at radius 1 is 1.00 bits per heavy atom. The second-order valence-corrected chi connectivity index (χ2v) is 7.84. The van der Waals surface area contributed by atoms with Crippen molar-refractivity contribution >= 4 is 0 Å². The van der Waals surface area contributed by atoms with Crippen LogP contribution in [0.4, 0.5) is 0 Å². The highest BCUT2D eigenvalue weighted by Gasteiger charge is 2.54. The SMILES string of the molecule is CC1(C2C3CC4CC(C3)CC2C4)CNCCOC1. The molecule has 0 spiro atoms. The van der Waals surface area contributed by atoms with Crippen LogP contribution in [-0.4, -0.2) is 26.3 Å². The summed E-state index contributed by atoms with van der Waals surface area (Å²) in [7, 11) is 0. The molecular formula is C16H27NO. The summed E-state index contributed by atoms with van der Waals surface area (Å²) in [6, 6.07) is 0. The number of hydrogen-bond acceptors (Lipinski definition) is 2. The fraction of sp³-hybridized carbons (Fsp3) is 1.00. The van der Waals surface area contributed by atoms with Crippen molar-refractivity contribution in [2.75, 3.05) is 26.3 Å². The molecule has 1 unspecified atom stereocenters. The summed E-state index contributed by atoms with van der Waals surface area (Å²) in [5, 5.41) is 3.62. The van der Waals surface area contributed by atoms with E-state index < -0.39 is 0 Å². The molecule has 2 heteroatoms. The van der Waals surface area contributed by atoms with Crippen molar-refractivity contribution < 1.29 is 4.74 Å². The fourth-order valence-corrected chi connectivity index (χ4v) is 6.15. The molecule has 18 heavy (non-hydrogen) atoms. The minimum atomic E-state index is 0.402. The molecule has 0 aromatic heterocycles. The van der Waals surface area contributed by atoms with Crippen LogP contribution in [0.5, 0.6) is 0 Å². The molecule has 4 aliphatic carbocycles. The van der Waals surface area contributed by atoms with E-state index >= 15 is 0 Å². The molecule has 1 atom stereocenters. The average Bonchev–Trinajstić information content (AvgIpc) is 2.53. The predicted octanol–water partition coefficient (Wildman–Crippen LogP) is 2.68. The van der Waals surface area contributed by atoms with Crippen LogP contribution >= 0.6 is 0 Å². The molecule has 0 amide bonds. The maximum absolute atomic E-state index is 5.90. The second-order valence-electron chi connectivity index (χ2n) is 7.84. The van der Waals surface area contributed by atoms with E-state index in [2.05, 4.69) is 12.2 Å². The first-order chi connectivity index (χ1) is 8.74. The molecule has 5 fully saturated rings. The molecule has 2 nitrogen and oxygen atoms in total. The summed E-state index contributed by atoms with van der Waals surface area (Å²) >= 11 is 0. The van der Waals surface area contributed by atoms with E-state index in [4.69, 9.17) is 4.74 Å². The van der Waals surface area contributed by atoms with Gasteiger partial charge in [0.2, 0.25) is 0 Å². The Bertz CT molecular complexity index is 291. The first-order valence-corrected chi connectivity index (χ1v) is 8.03. The smallest absolute Gasteiger partial charge is 0.0591 e. The van der Waals surface area contributed by atoms with E-state index in [0.717, 1.165) is 49.3 Å². The van der Waals surface area contributed by atoms with E-state index in [1.165, 1.54) is 32.2 Å². The van der Waals surface area contributed by atoms with Crippen LogP contribution in [-0.2, 0) is 4.74 Å². The molecule has 1 saturated heterocycles. The third-order valence-corrected chi connectivity index (χ3v) is 6.42. The Morgan fingerprint density at radius 2 is 1.67 bits per heavy atom. The summed E-state index contributed by atoms with van der Waals surface area (Å²) in [6.07, 6.45) is 7.70. The Labute approximate surface area is 111 Å². The van der Waals surface area contributed by atoms with Gasteiger partial charge in [-0.15, -0.1) is 0 Å².